The lowest BCUT2D eigenvalue weighted by Gasteiger charge is -2.19. The van der Waals surface area contributed by atoms with Gasteiger partial charge >= 0.3 is 19.8 Å². The number of rotatable bonds is 76. The van der Waals surface area contributed by atoms with Crippen molar-refractivity contribution in [2.45, 2.75) is 418 Å². The largest absolute Gasteiger partial charge is 0.472 e. The van der Waals surface area contributed by atoms with Crippen LogP contribution in [-0.2, 0) is 32.7 Å². The van der Waals surface area contributed by atoms with Gasteiger partial charge < -0.3 is 20.1 Å². The minimum Gasteiger partial charge on any atom is -0.462 e. The van der Waals surface area contributed by atoms with Gasteiger partial charge in [0.1, 0.15) is 6.61 Å². The van der Waals surface area contributed by atoms with E-state index in [1.807, 2.05) is 0 Å². The highest BCUT2D eigenvalue weighted by molar-refractivity contribution is 7.47. The summed E-state index contributed by atoms with van der Waals surface area (Å²) >= 11 is 0. The molecule has 0 aromatic heterocycles. The summed E-state index contributed by atoms with van der Waals surface area (Å²) in [5.74, 6) is -0.803. The van der Waals surface area contributed by atoms with Crippen LogP contribution >= 0.6 is 7.82 Å². The molecule has 2 unspecified atom stereocenters. The third-order valence-corrected chi connectivity index (χ3v) is 18.9. The Morgan fingerprint density at radius 2 is 0.604 bits per heavy atom. The highest BCUT2D eigenvalue weighted by atomic mass is 31.2. The minimum absolute atomic E-state index is 0.0557. The molecule has 0 heterocycles. The Hall–Kier alpha value is -2.29. The third-order valence-electron chi connectivity index (χ3n) is 17.9. The second-order valence-electron chi connectivity index (χ2n) is 26.9. The molecule has 0 aliphatic heterocycles. The van der Waals surface area contributed by atoms with Crippen molar-refractivity contribution in [1.29, 1.82) is 0 Å². The number of unbranched alkanes of at least 4 members (excludes halogenated alkanes) is 53. The summed E-state index contributed by atoms with van der Waals surface area (Å²) in [6.07, 6.45) is 101. The van der Waals surface area contributed by atoms with E-state index in [-0.39, 0.29) is 38.6 Å². The minimum atomic E-state index is -4.39. The van der Waals surface area contributed by atoms with Gasteiger partial charge in [-0.1, -0.05) is 383 Å². The zero-order valence-corrected chi connectivity index (χ0v) is 61.2. The van der Waals surface area contributed by atoms with Crippen LogP contribution in [-0.4, -0.2) is 49.3 Å². The fraction of sp³-hybridized carbons (Fsp3) is 0.852. The first-order valence-electron chi connectivity index (χ1n) is 39.8. The average molecular weight is 1300 g/mol. The van der Waals surface area contributed by atoms with E-state index in [4.69, 9.17) is 24.3 Å². The van der Waals surface area contributed by atoms with E-state index in [9.17, 15) is 19.0 Å². The first-order valence-corrected chi connectivity index (χ1v) is 41.3. The van der Waals surface area contributed by atoms with E-state index in [1.165, 1.54) is 321 Å². The molecule has 0 aliphatic rings. The molecule has 0 aromatic carbocycles. The van der Waals surface area contributed by atoms with E-state index in [1.54, 1.807) is 0 Å². The van der Waals surface area contributed by atoms with E-state index in [2.05, 4.69) is 74.6 Å². The molecule has 0 rings (SSSR count). The maximum absolute atomic E-state index is 12.8. The first-order chi connectivity index (χ1) is 44.8. The van der Waals surface area contributed by atoms with Crippen molar-refractivity contribution >= 4 is 19.8 Å². The number of ether oxygens (including phenoxy) is 2. The molecule has 0 amide bonds. The normalized spacial score (nSPS) is 13.1. The van der Waals surface area contributed by atoms with Gasteiger partial charge in [0.15, 0.2) is 6.10 Å². The molecule has 0 aliphatic carbocycles. The zero-order chi connectivity index (χ0) is 65.8. The molecule has 9 nitrogen and oxygen atoms in total. The molecule has 0 saturated heterocycles. The van der Waals surface area contributed by atoms with E-state index in [0.717, 1.165) is 57.8 Å². The fourth-order valence-electron chi connectivity index (χ4n) is 12.0. The smallest absolute Gasteiger partial charge is 0.462 e. The van der Waals surface area contributed by atoms with Crippen LogP contribution in [0.1, 0.15) is 412 Å². The lowest BCUT2D eigenvalue weighted by atomic mass is 10.0. The van der Waals surface area contributed by atoms with Gasteiger partial charge in [-0.25, -0.2) is 4.57 Å². The van der Waals surface area contributed by atoms with Crippen molar-refractivity contribution in [3.63, 3.8) is 0 Å². The molecule has 3 N–H and O–H groups in total. The Morgan fingerprint density at radius 1 is 0.341 bits per heavy atom. The summed E-state index contributed by atoms with van der Waals surface area (Å²) in [6.45, 7) is 3.71. The average Bonchev–Trinajstić information content (AvgIpc) is 3.74. The van der Waals surface area contributed by atoms with Gasteiger partial charge in [-0.2, -0.15) is 0 Å². The maximum atomic E-state index is 12.8. The van der Waals surface area contributed by atoms with Crippen molar-refractivity contribution in [2.75, 3.05) is 26.4 Å². The van der Waals surface area contributed by atoms with Crippen LogP contribution in [0.4, 0.5) is 0 Å². The summed E-state index contributed by atoms with van der Waals surface area (Å²) in [6, 6.07) is 0. The molecular weight excluding hydrogens is 1150 g/mol. The van der Waals surface area contributed by atoms with Crippen LogP contribution in [0.5, 0.6) is 0 Å². The zero-order valence-electron chi connectivity index (χ0n) is 60.3. The second-order valence-corrected chi connectivity index (χ2v) is 28.4. The van der Waals surface area contributed by atoms with Gasteiger partial charge in [0.25, 0.3) is 0 Å². The number of allylic oxidation sites excluding steroid dienone is 10. The number of carbonyl (C=O) groups is 2. The Balaban J connectivity index is 3.75. The number of phosphoric acid groups is 1. The summed E-state index contributed by atoms with van der Waals surface area (Å²) in [5, 5.41) is 0. The summed E-state index contributed by atoms with van der Waals surface area (Å²) in [7, 11) is -4.39. The molecule has 2 atom stereocenters. The van der Waals surface area contributed by atoms with Gasteiger partial charge in [0.2, 0.25) is 0 Å². The van der Waals surface area contributed by atoms with Crippen molar-refractivity contribution in [1.82, 2.24) is 0 Å². The van der Waals surface area contributed by atoms with Crippen molar-refractivity contribution < 1.29 is 37.6 Å². The lowest BCUT2D eigenvalue weighted by molar-refractivity contribution is -0.161. The van der Waals surface area contributed by atoms with Gasteiger partial charge in [-0.15, -0.1) is 0 Å². The maximum Gasteiger partial charge on any atom is 0.472 e. The monoisotopic (exact) mass is 1300 g/mol. The van der Waals surface area contributed by atoms with Crippen molar-refractivity contribution in [3.05, 3.63) is 60.8 Å². The van der Waals surface area contributed by atoms with Crippen LogP contribution < -0.4 is 5.73 Å². The molecule has 10 heteroatoms. The first kappa shape index (κ1) is 88.7. The van der Waals surface area contributed by atoms with Crippen LogP contribution in [0.15, 0.2) is 60.8 Å². The van der Waals surface area contributed by atoms with Gasteiger partial charge in [-0.05, 0) is 77.0 Å². The quantitative estimate of drug-likeness (QED) is 0.0264. The highest BCUT2D eigenvalue weighted by Crippen LogP contribution is 2.43. The number of carbonyl (C=O) groups excluding carboxylic acids is 2. The Labute approximate surface area is 565 Å². The molecular formula is C81H152NO8P. The van der Waals surface area contributed by atoms with Crippen LogP contribution in [0.25, 0.3) is 0 Å². The van der Waals surface area contributed by atoms with Gasteiger partial charge in [0, 0.05) is 19.4 Å². The summed E-state index contributed by atoms with van der Waals surface area (Å²) < 4.78 is 33.3. The molecule has 0 aromatic rings. The van der Waals surface area contributed by atoms with E-state index in [0.29, 0.717) is 6.42 Å². The van der Waals surface area contributed by atoms with Crippen LogP contribution in [0.2, 0.25) is 0 Å². The molecule has 0 fully saturated rings. The van der Waals surface area contributed by atoms with Gasteiger partial charge in [-0.3, -0.25) is 18.6 Å². The molecule has 534 valence electrons. The lowest BCUT2D eigenvalue weighted by Crippen LogP contribution is -2.29. The third kappa shape index (κ3) is 76.6. The molecule has 91 heavy (non-hydrogen) atoms. The topological polar surface area (TPSA) is 134 Å². The molecule has 0 bridgehead atoms. The number of phosphoric ester groups is 1. The van der Waals surface area contributed by atoms with Gasteiger partial charge in [0.05, 0.1) is 13.2 Å². The molecule has 0 saturated carbocycles. The summed E-state index contributed by atoms with van der Waals surface area (Å²) in [5.41, 5.74) is 5.42. The highest BCUT2D eigenvalue weighted by Gasteiger charge is 2.26. The predicted molar refractivity (Wildman–Crippen MR) is 395 cm³/mol. The van der Waals surface area contributed by atoms with Crippen molar-refractivity contribution in [3.8, 4) is 0 Å². The Morgan fingerprint density at radius 3 is 0.912 bits per heavy atom. The number of hydrogen-bond acceptors (Lipinski definition) is 8. The standard InChI is InChI=1S/C81H152NO8P/c1-3-5-7-9-11-13-15-17-19-21-23-25-27-29-31-33-35-37-38-39-40-42-44-46-48-50-52-54-56-58-60-62-64-66-68-70-72-74-81(84)90-79(78-89-91(85,86)88-76-75-82)77-87-80(83)73-71-69-67-65-63-61-59-57-55-53-51-49-47-45-43-41-36-34-32-30-28-26-24-22-20-18-16-14-12-10-8-6-4-2/h5,7,11,13,17,19,22-25,79H,3-4,6,8-10,12,14-16,18,20-21,26-78,82H2,1-2H3,(H,85,86)/b7-5-,13-11-,19-17-,24-22-,25-23-. The Bertz CT molecular complexity index is 1680. The summed E-state index contributed by atoms with van der Waals surface area (Å²) in [4.78, 5) is 35.5. The van der Waals surface area contributed by atoms with E-state index >= 15 is 0 Å². The predicted octanol–water partition coefficient (Wildman–Crippen LogP) is 26.5. The number of esters is 2. The SMILES string of the molecule is CC/C=C\C/C=C\C/C=C\C/C=C\CCCCCCCCCCCCCCCCCCCCCCCCCCC(=O)OC(COC(=O)CCCCCCCCCCCCCCCCCCCCCCC/C=C\CCCCCCCCCC)COP(=O)(O)OCCN. The molecule has 0 radical (unpaired) electrons. The second kappa shape index (κ2) is 76.7. The molecule has 0 spiro atoms. The Kier molecular flexibility index (Phi) is 74.8. The van der Waals surface area contributed by atoms with E-state index < -0.39 is 26.5 Å². The fourth-order valence-corrected chi connectivity index (χ4v) is 12.8. The van der Waals surface area contributed by atoms with Crippen LogP contribution in [0.3, 0.4) is 0 Å². The van der Waals surface area contributed by atoms with Crippen molar-refractivity contribution in [2.24, 2.45) is 5.73 Å². The van der Waals surface area contributed by atoms with Crippen LogP contribution in [0, 0.1) is 0 Å². The number of nitrogens with two attached hydrogens (primary N) is 1. The number of hydrogen-bond donors (Lipinski definition) is 2.